The van der Waals surface area contributed by atoms with Gasteiger partial charge in [0.25, 0.3) is 0 Å². The molecule has 2 unspecified atom stereocenters. The summed E-state index contributed by atoms with van der Waals surface area (Å²) in [5.74, 6) is 0.796. The van der Waals surface area contributed by atoms with Gasteiger partial charge < -0.3 is 9.84 Å². The van der Waals surface area contributed by atoms with Crippen LogP contribution in [0.3, 0.4) is 0 Å². The van der Waals surface area contributed by atoms with Crippen molar-refractivity contribution in [2.45, 2.75) is 18.6 Å². The van der Waals surface area contributed by atoms with Gasteiger partial charge in [0.1, 0.15) is 18.0 Å². The highest BCUT2D eigenvalue weighted by Gasteiger charge is 2.28. The average Bonchev–Trinajstić information content (AvgIpc) is 2.24. The third-order valence-electron chi connectivity index (χ3n) is 2.50. The lowest BCUT2D eigenvalue weighted by atomic mass is 10.1. The lowest BCUT2D eigenvalue weighted by molar-refractivity contribution is -0.00422. The fraction of sp³-hybridized carbons (Fsp3) is 0.455. The number of benzene rings is 1. The molecule has 1 saturated heterocycles. The lowest BCUT2D eigenvalue weighted by Gasteiger charge is -2.32. The number of para-hydroxylation sites is 1. The molecule has 2 rings (SSSR count). The average molecular weight is 228 g/mol. The summed E-state index contributed by atoms with van der Waals surface area (Å²) >= 11 is 5.80. The van der Waals surface area contributed by atoms with Crippen molar-refractivity contribution in [3.05, 3.63) is 30.3 Å². The number of halogens is 1. The number of hydrogen-bond donors (Lipinski definition) is 1. The van der Waals surface area contributed by atoms with E-state index in [0.29, 0.717) is 6.54 Å². The Morgan fingerprint density at radius 2 is 2.07 bits per heavy atom. The van der Waals surface area contributed by atoms with Gasteiger partial charge in [-0.1, -0.05) is 18.2 Å². The monoisotopic (exact) mass is 227 g/mol. The van der Waals surface area contributed by atoms with Gasteiger partial charge in [0.2, 0.25) is 0 Å². The molecule has 1 aliphatic rings. The Bertz CT molecular complexity index is 307. The number of rotatable bonds is 2. The molecule has 15 heavy (non-hydrogen) atoms. The van der Waals surface area contributed by atoms with E-state index in [-0.39, 0.29) is 6.10 Å². The number of aliphatic hydroxyl groups is 1. The number of β-amino-alcohol motifs (C(OH)–C–C–N with tert-alkyl or cyclic N) is 1. The van der Waals surface area contributed by atoms with Gasteiger partial charge in [-0.2, -0.15) is 0 Å². The summed E-state index contributed by atoms with van der Waals surface area (Å²) in [6, 6.07) is 9.54. The van der Waals surface area contributed by atoms with Gasteiger partial charge in [-0.25, -0.2) is 4.42 Å². The highest BCUT2D eigenvalue weighted by atomic mass is 35.5. The molecule has 1 aromatic carbocycles. The summed E-state index contributed by atoms with van der Waals surface area (Å²) in [4.78, 5) is 0. The number of hydrogen-bond acceptors (Lipinski definition) is 3. The zero-order valence-corrected chi connectivity index (χ0v) is 9.10. The second-order valence-corrected chi connectivity index (χ2v) is 4.17. The number of aliphatic hydroxyl groups excluding tert-OH is 1. The Kier molecular flexibility index (Phi) is 3.46. The van der Waals surface area contributed by atoms with Crippen LogP contribution < -0.4 is 4.74 Å². The van der Waals surface area contributed by atoms with Crippen LogP contribution in [0.1, 0.15) is 6.42 Å². The van der Waals surface area contributed by atoms with Crippen molar-refractivity contribution in [2.75, 3.05) is 13.1 Å². The van der Waals surface area contributed by atoms with Gasteiger partial charge in [-0.05, 0) is 23.9 Å². The smallest absolute Gasteiger partial charge is 0.127 e. The molecule has 0 radical (unpaired) electrons. The summed E-state index contributed by atoms with van der Waals surface area (Å²) < 4.78 is 7.27. The van der Waals surface area contributed by atoms with Crippen LogP contribution in [0.5, 0.6) is 5.75 Å². The van der Waals surface area contributed by atoms with Gasteiger partial charge in [0.15, 0.2) is 0 Å². The molecule has 0 aromatic heterocycles. The molecule has 2 atom stereocenters. The van der Waals surface area contributed by atoms with Gasteiger partial charge in [0, 0.05) is 19.5 Å². The molecule has 0 saturated carbocycles. The van der Waals surface area contributed by atoms with E-state index in [9.17, 15) is 5.11 Å². The van der Waals surface area contributed by atoms with Crippen LogP contribution in [0.25, 0.3) is 0 Å². The summed E-state index contributed by atoms with van der Waals surface area (Å²) in [6.45, 7) is 1.20. The maximum absolute atomic E-state index is 9.75. The minimum atomic E-state index is -0.517. The van der Waals surface area contributed by atoms with E-state index >= 15 is 0 Å². The Morgan fingerprint density at radius 3 is 2.73 bits per heavy atom. The largest absolute Gasteiger partial charge is 0.488 e. The molecule has 3 nitrogen and oxygen atoms in total. The molecule has 1 aromatic rings. The molecule has 0 amide bonds. The Hall–Kier alpha value is -0.770. The summed E-state index contributed by atoms with van der Waals surface area (Å²) in [5, 5.41) is 9.75. The number of nitrogens with zero attached hydrogens (tertiary/aromatic N) is 1. The molecular weight excluding hydrogens is 214 g/mol. The second-order valence-electron chi connectivity index (χ2n) is 3.69. The van der Waals surface area contributed by atoms with Crippen molar-refractivity contribution in [3.8, 4) is 5.75 Å². The quantitative estimate of drug-likeness (QED) is 0.780. The van der Waals surface area contributed by atoms with Crippen molar-refractivity contribution >= 4 is 11.8 Å². The van der Waals surface area contributed by atoms with Crippen molar-refractivity contribution in [1.29, 1.82) is 0 Å². The van der Waals surface area contributed by atoms with Crippen LogP contribution in [-0.4, -0.2) is 34.8 Å². The zero-order chi connectivity index (χ0) is 10.7. The van der Waals surface area contributed by atoms with E-state index in [0.717, 1.165) is 18.7 Å². The first-order valence-corrected chi connectivity index (χ1v) is 5.40. The van der Waals surface area contributed by atoms with Crippen LogP contribution in [0.4, 0.5) is 0 Å². The first kappa shape index (κ1) is 10.7. The fourth-order valence-electron chi connectivity index (χ4n) is 1.68. The van der Waals surface area contributed by atoms with Gasteiger partial charge in [-0.15, -0.1) is 0 Å². The van der Waals surface area contributed by atoms with E-state index in [4.69, 9.17) is 16.5 Å². The molecule has 82 valence electrons. The number of ether oxygens (including phenoxy) is 1. The minimum absolute atomic E-state index is 0.151. The highest BCUT2D eigenvalue weighted by molar-refractivity contribution is 6.13. The van der Waals surface area contributed by atoms with Crippen LogP contribution in [0, 0.1) is 0 Å². The lowest BCUT2D eigenvalue weighted by Crippen LogP contribution is -2.45. The normalized spacial score (nSPS) is 27.6. The first-order valence-electron chi connectivity index (χ1n) is 5.06. The molecule has 4 heteroatoms. The molecular formula is C11H14ClNO2. The van der Waals surface area contributed by atoms with Crippen molar-refractivity contribution < 1.29 is 9.84 Å². The molecule has 0 bridgehead atoms. The maximum Gasteiger partial charge on any atom is 0.127 e. The van der Waals surface area contributed by atoms with Gasteiger partial charge in [0.05, 0.1) is 0 Å². The first-order chi connectivity index (χ1) is 7.25. The van der Waals surface area contributed by atoms with E-state index in [1.54, 1.807) is 4.42 Å². The summed E-state index contributed by atoms with van der Waals surface area (Å²) in [7, 11) is 0. The topological polar surface area (TPSA) is 32.7 Å². The molecule has 1 heterocycles. The highest BCUT2D eigenvalue weighted by Crippen LogP contribution is 2.19. The van der Waals surface area contributed by atoms with E-state index in [1.807, 2.05) is 30.3 Å². The molecule has 0 spiro atoms. The Morgan fingerprint density at radius 1 is 1.33 bits per heavy atom. The van der Waals surface area contributed by atoms with Crippen LogP contribution in [0.15, 0.2) is 30.3 Å². The molecule has 1 N–H and O–H groups in total. The van der Waals surface area contributed by atoms with Crippen LogP contribution in [0.2, 0.25) is 0 Å². The second kappa shape index (κ2) is 4.84. The third-order valence-corrected chi connectivity index (χ3v) is 2.81. The third kappa shape index (κ3) is 2.84. The maximum atomic E-state index is 9.75. The standard InChI is InChI=1S/C11H14ClNO2/c12-13-7-6-11(10(14)8-13)15-9-4-2-1-3-5-9/h1-5,10-11,14H,6-8H2. The summed E-state index contributed by atoms with van der Waals surface area (Å²) in [5.41, 5.74) is 0. The zero-order valence-electron chi connectivity index (χ0n) is 8.34. The summed E-state index contributed by atoms with van der Waals surface area (Å²) in [6.07, 6.45) is 0.0818. The van der Waals surface area contributed by atoms with Crippen molar-refractivity contribution in [1.82, 2.24) is 4.42 Å². The predicted molar refractivity (Wildman–Crippen MR) is 58.9 cm³/mol. The molecule has 1 fully saturated rings. The minimum Gasteiger partial charge on any atom is -0.488 e. The van der Waals surface area contributed by atoms with Crippen LogP contribution >= 0.6 is 11.8 Å². The van der Waals surface area contributed by atoms with Crippen molar-refractivity contribution in [3.63, 3.8) is 0 Å². The van der Waals surface area contributed by atoms with Gasteiger partial charge in [-0.3, -0.25) is 0 Å². The van der Waals surface area contributed by atoms with Gasteiger partial charge >= 0.3 is 0 Å². The van der Waals surface area contributed by atoms with Crippen LogP contribution in [-0.2, 0) is 0 Å². The van der Waals surface area contributed by atoms with E-state index in [2.05, 4.69) is 0 Å². The fourth-order valence-corrected chi connectivity index (χ4v) is 1.92. The Balaban J connectivity index is 1.95. The van der Waals surface area contributed by atoms with E-state index < -0.39 is 6.10 Å². The SMILES string of the molecule is OC1CN(Cl)CCC1Oc1ccccc1. The van der Waals surface area contributed by atoms with E-state index in [1.165, 1.54) is 0 Å². The van der Waals surface area contributed by atoms with Crippen molar-refractivity contribution in [2.24, 2.45) is 0 Å². The molecule has 0 aliphatic carbocycles. The Labute approximate surface area is 94.3 Å². The predicted octanol–water partition coefficient (Wildman–Crippen LogP) is 1.65. The molecule has 1 aliphatic heterocycles. The number of piperidine rings is 1.